The average molecular weight is 172 g/mol. The van der Waals surface area contributed by atoms with Crippen LogP contribution >= 0.6 is 0 Å². The predicted octanol–water partition coefficient (Wildman–Crippen LogP) is 1.07. The Labute approximate surface area is 73.0 Å². The number of aliphatic hydroxyl groups excluding tert-OH is 1. The van der Waals surface area contributed by atoms with Gasteiger partial charge in [-0.1, -0.05) is 6.08 Å². The monoisotopic (exact) mass is 172 g/mol. The van der Waals surface area contributed by atoms with E-state index in [1.807, 2.05) is 20.8 Å². The van der Waals surface area contributed by atoms with Crippen molar-refractivity contribution in [3.63, 3.8) is 0 Å². The molecule has 0 bridgehead atoms. The number of hydrogen-bond acceptors (Lipinski definition) is 3. The van der Waals surface area contributed by atoms with Gasteiger partial charge in [-0.2, -0.15) is 0 Å². The zero-order chi connectivity index (χ0) is 9.41. The van der Waals surface area contributed by atoms with Crippen molar-refractivity contribution < 1.29 is 14.6 Å². The summed E-state index contributed by atoms with van der Waals surface area (Å²) in [5.74, 6) is -0.629. The number of hydrogen-bond donors (Lipinski definition) is 1. The van der Waals surface area contributed by atoms with E-state index in [1.54, 1.807) is 6.08 Å². The highest BCUT2D eigenvalue weighted by atomic mass is 16.8. The van der Waals surface area contributed by atoms with E-state index in [2.05, 4.69) is 6.58 Å². The second kappa shape index (κ2) is 2.83. The van der Waals surface area contributed by atoms with E-state index in [0.717, 1.165) is 0 Å². The molecule has 1 N–H and O–H groups in total. The summed E-state index contributed by atoms with van der Waals surface area (Å²) < 4.78 is 11.0. The average Bonchev–Trinajstić information content (AvgIpc) is 2.22. The minimum atomic E-state index is -0.648. The van der Waals surface area contributed by atoms with Crippen molar-refractivity contribution in [2.45, 2.75) is 38.3 Å². The first-order valence-electron chi connectivity index (χ1n) is 4.05. The SMILES string of the molecule is C=C[C@H]1OC(C)(C)O[C@@]1(C)CO. The second-order valence-electron chi connectivity index (χ2n) is 3.75. The normalized spacial score (nSPS) is 39.8. The molecule has 0 amide bonds. The third kappa shape index (κ3) is 1.53. The molecule has 1 heterocycles. The van der Waals surface area contributed by atoms with Crippen LogP contribution in [0.25, 0.3) is 0 Å². The molecule has 0 spiro atoms. The van der Waals surface area contributed by atoms with Crippen LogP contribution in [0, 0.1) is 0 Å². The summed E-state index contributed by atoms with van der Waals surface area (Å²) in [6.45, 7) is 9.03. The first kappa shape index (κ1) is 9.71. The third-order valence-corrected chi connectivity index (χ3v) is 2.02. The van der Waals surface area contributed by atoms with Gasteiger partial charge in [0.25, 0.3) is 0 Å². The molecular weight excluding hydrogens is 156 g/mol. The predicted molar refractivity (Wildman–Crippen MR) is 45.7 cm³/mol. The molecule has 12 heavy (non-hydrogen) atoms. The molecule has 0 saturated carbocycles. The molecule has 3 heteroatoms. The fourth-order valence-electron chi connectivity index (χ4n) is 1.49. The molecule has 70 valence electrons. The van der Waals surface area contributed by atoms with Gasteiger partial charge in [-0.25, -0.2) is 0 Å². The molecule has 1 rings (SSSR count). The molecule has 0 radical (unpaired) electrons. The lowest BCUT2D eigenvalue weighted by molar-refractivity contribution is -0.165. The zero-order valence-electron chi connectivity index (χ0n) is 7.83. The van der Waals surface area contributed by atoms with Gasteiger partial charge in [0.2, 0.25) is 0 Å². The molecule has 1 aliphatic heterocycles. The highest BCUT2D eigenvalue weighted by Crippen LogP contribution is 2.36. The van der Waals surface area contributed by atoms with Gasteiger partial charge in [0.1, 0.15) is 11.7 Å². The first-order valence-corrected chi connectivity index (χ1v) is 4.05. The van der Waals surface area contributed by atoms with Crippen molar-refractivity contribution in [1.82, 2.24) is 0 Å². The summed E-state index contributed by atoms with van der Waals surface area (Å²) in [7, 11) is 0. The Kier molecular flexibility index (Phi) is 2.29. The standard InChI is InChI=1S/C9H16O3/c1-5-7-9(4,6-10)12-8(2,3)11-7/h5,7,10H,1,6H2,2-4H3/t7-,9+/m1/s1. The highest BCUT2D eigenvalue weighted by molar-refractivity contribution is 5.01. The van der Waals surface area contributed by atoms with E-state index in [0.29, 0.717) is 0 Å². The van der Waals surface area contributed by atoms with Crippen molar-refractivity contribution in [3.8, 4) is 0 Å². The maximum atomic E-state index is 9.11. The van der Waals surface area contributed by atoms with E-state index in [9.17, 15) is 0 Å². The maximum Gasteiger partial charge on any atom is 0.164 e. The van der Waals surface area contributed by atoms with E-state index in [1.165, 1.54) is 0 Å². The summed E-state index contributed by atoms with van der Waals surface area (Å²) >= 11 is 0. The first-order chi connectivity index (χ1) is 5.43. The van der Waals surface area contributed by atoms with E-state index < -0.39 is 11.4 Å². The van der Waals surface area contributed by atoms with Crippen molar-refractivity contribution in [3.05, 3.63) is 12.7 Å². The van der Waals surface area contributed by atoms with Gasteiger partial charge in [-0.3, -0.25) is 0 Å². The maximum absolute atomic E-state index is 9.11. The lowest BCUT2D eigenvalue weighted by atomic mass is 10.0. The Morgan fingerprint density at radius 3 is 2.42 bits per heavy atom. The molecule has 3 nitrogen and oxygen atoms in total. The van der Waals surface area contributed by atoms with Gasteiger partial charge < -0.3 is 14.6 Å². The Bertz CT molecular complexity index is 188. The van der Waals surface area contributed by atoms with Gasteiger partial charge in [0.15, 0.2) is 5.79 Å². The van der Waals surface area contributed by atoms with E-state index in [4.69, 9.17) is 14.6 Å². The Balaban J connectivity index is 2.82. The van der Waals surface area contributed by atoms with Gasteiger partial charge in [-0.15, -0.1) is 6.58 Å². The quantitative estimate of drug-likeness (QED) is 0.633. The largest absolute Gasteiger partial charge is 0.393 e. The van der Waals surface area contributed by atoms with Gasteiger partial charge in [0, 0.05) is 0 Å². The number of aliphatic hydroxyl groups is 1. The summed E-state index contributed by atoms with van der Waals surface area (Å²) in [5, 5.41) is 9.11. The van der Waals surface area contributed by atoms with Gasteiger partial charge in [-0.05, 0) is 20.8 Å². The molecule has 0 aromatic heterocycles. The topological polar surface area (TPSA) is 38.7 Å². The Morgan fingerprint density at radius 2 is 2.08 bits per heavy atom. The van der Waals surface area contributed by atoms with Crippen LogP contribution in [-0.4, -0.2) is 29.2 Å². The number of ether oxygens (including phenoxy) is 2. The summed E-state index contributed by atoms with van der Waals surface area (Å²) in [5.41, 5.74) is -0.648. The van der Waals surface area contributed by atoms with E-state index in [-0.39, 0.29) is 12.7 Å². The van der Waals surface area contributed by atoms with Gasteiger partial charge in [0.05, 0.1) is 6.61 Å². The minimum absolute atomic E-state index is 0.0624. The van der Waals surface area contributed by atoms with Crippen LogP contribution in [0.1, 0.15) is 20.8 Å². The van der Waals surface area contributed by atoms with Crippen LogP contribution in [0.15, 0.2) is 12.7 Å². The van der Waals surface area contributed by atoms with Crippen molar-refractivity contribution >= 4 is 0 Å². The lowest BCUT2D eigenvalue weighted by Crippen LogP contribution is -2.39. The lowest BCUT2D eigenvalue weighted by Gasteiger charge is -2.24. The smallest absolute Gasteiger partial charge is 0.164 e. The van der Waals surface area contributed by atoms with Crippen LogP contribution in [0.4, 0.5) is 0 Å². The van der Waals surface area contributed by atoms with Crippen molar-refractivity contribution in [1.29, 1.82) is 0 Å². The van der Waals surface area contributed by atoms with Crippen LogP contribution in [0.5, 0.6) is 0 Å². The van der Waals surface area contributed by atoms with Crippen LogP contribution in [-0.2, 0) is 9.47 Å². The molecule has 1 aliphatic rings. The summed E-state index contributed by atoms with van der Waals surface area (Å²) in [4.78, 5) is 0. The highest BCUT2D eigenvalue weighted by Gasteiger charge is 2.48. The van der Waals surface area contributed by atoms with Crippen molar-refractivity contribution in [2.75, 3.05) is 6.61 Å². The summed E-state index contributed by atoms with van der Waals surface area (Å²) in [6.07, 6.45) is 1.42. The third-order valence-electron chi connectivity index (χ3n) is 2.02. The number of rotatable bonds is 2. The molecule has 0 unspecified atom stereocenters. The minimum Gasteiger partial charge on any atom is -0.393 e. The van der Waals surface area contributed by atoms with Crippen LogP contribution in [0.3, 0.4) is 0 Å². The van der Waals surface area contributed by atoms with Crippen LogP contribution < -0.4 is 0 Å². The van der Waals surface area contributed by atoms with Crippen molar-refractivity contribution in [2.24, 2.45) is 0 Å². The molecule has 0 aromatic rings. The fraction of sp³-hybridized carbons (Fsp3) is 0.778. The zero-order valence-corrected chi connectivity index (χ0v) is 7.83. The fourth-order valence-corrected chi connectivity index (χ4v) is 1.49. The second-order valence-corrected chi connectivity index (χ2v) is 3.75. The molecule has 2 atom stereocenters. The molecule has 1 saturated heterocycles. The van der Waals surface area contributed by atoms with E-state index >= 15 is 0 Å². The Morgan fingerprint density at radius 1 is 1.50 bits per heavy atom. The Hall–Kier alpha value is -0.380. The molecule has 1 fully saturated rings. The molecular formula is C9H16O3. The van der Waals surface area contributed by atoms with Crippen LogP contribution in [0.2, 0.25) is 0 Å². The van der Waals surface area contributed by atoms with Gasteiger partial charge >= 0.3 is 0 Å². The molecule has 0 aromatic carbocycles. The summed E-state index contributed by atoms with van der Waals surface area (Å²) in [6, 6.07) is 0. The molecule has 0 aliphatic carbocycles.